The summed E-state index contributed by atoms with van der Waals surface area (Å²) in [4.78, 5) is 8.48. The molecule has 0 amide bonds. The van der Waals surface area contributed by atoms with Crippen LogP contribution in [0.3, 0.4) is 0 Å². The molecule has 1 aliphatic rings. The lowest BCUT2D eigenvalue weighted by atomic mass is 9.80. The van der Waals surface area contributed by atoms with Gasteiger partial charge in [-0.15, -0.1) is 0 Å². The third-order valence-electron chi connectivity index (χ3n) is 4.05. The van der Waals surface area contributed by atoms with E-state index in [1.165, 1.54) is 13.2 Å². The van der Waals surface area contributed by atoms with Crippen molar-refractivity contribution in [1.29, 1.82) is 0 Å². The van der Waals surface area contributed by atoms with E-state index in [9.17, 15) is 9.41 Å². The fourth-order valence-electron chi connectivity index (χ4n) is 2.76. The van der Waals surface area contributed by atoms with E-state index in [4.69, 9.17) is 14.1 Å². The molecule has 2 aromatic rings. The minimum atomic E-state index is -0.765. The second-order valence-corrected chi connectivity index (χ2v) is 5.90. The Kier molecular flexibility index (Phi) is 5.50. The third-order valence-corrected chi connectivity index (χ3v) is 4.05. The number of nitrogens with zero attached hydrogens (tertiary/aromatic N) is 2. The lowest BCUT2D eigenvalue weighted by Gasteiger charge is -2.13. The molecule has 3 heterocycles. The van der Waals surface area contributed by atoms with Gasteiger partial charge < -0.3 is 19.2 Å². The summed E-state index contributed by atoms with van der Waals surface area (Å²) in [7, 11) is 0.682. The van der Waals surface area contributed by atoms with E-state index >= 15 is 0 Å². The van der Waals surface area contributed by atoms with Gasteiger partial charge in [0.1, 0.15) is 5.69 Å². The topological polar surface area (TPSA) is 73.7 Å². The molecule has 1 aliphatic heterocycles. The van der Waals surface area contributed by atoms with E-state index in [2.05, 4.69) is 9.97 Å². The van der Waals surface area contributed by atoms with Crippen LogP contribution in [-0.4, -0.2) is 42.4 Å². The fourth-order valence-corrected chi connectivity index (χ4v) is 2.76. The zero-order valence-electron chi connectivity index (χ0n) is 14.2. The molecule has 0 aromatic carbocycles. The Morgan fingerprint density at radius 2 is 2.24 bits per heavy atom. The highest BCUT2D eigenvalue weighted by molar-refractivity contribution is 6.43. The highest BCUT2D eigenvalue weighted by atomic mass is 19.1. The van der Waals surface area contributed by atoms with Crippen LogP contribution in [0.5, 0.6) is 11.6 Å². The van der Waals surface area contributed by atoms with Crippen molar-refractivity contribution < 1.29 is 23.5 Å². The van der Waals surface area contributed by atoms with Crippen LogP contribution in [0.1, 0.15) is 24.8 Å². The van der Waals surface area contributed by atoms with Crippen LogP contribution < -0.4 is 9.47 Å². The second kappa shape index (κ2) is 7.80. The summed E-state index contributed by atoms with van der Waals surface area (Å²) >= 11 is 0. The van der Waals surface area contributed by atoms with Gasteiger partial charge in [-0.05, 0) is 24.4 Å². The molecule has 2 aromatic heterocycles. The average Bonchev–Trinajstić information content (AvgIpc) is 3.07. The molecule has 132 valence electrons. The molecular weight excluding hydrogens is 326 g/mol. The van der Waals surface area contributed by atoms with Crippen molar-refractivity contribution in [3.63, 3.8) is 0 Å². The van der Waals surface area contributed by atoms with Crippen LogP contribution in [0.25, 0.3) is 11.3 Å². The van der Waals surface area contributed by atoms with Crippen molar-refractivity contribution in [3.05, 3.63) is 35.9 Å². The maximum atomic E-state index is 14.5. The molecule has 0 spiro atoms. The van der Waals surface area contributed by atoms with Gasteiger partial charge in [0.15, 0.2) is 11.6 Å². The zero-order chi connectivity index (χ0) is 17.8. The number of pyridine rings is 2. The fraction of sp³-hybridized carbons (Fsp3) is 0.412. The molecule has 1 saturated heterocycles. The Bertz CT molecular complexity index is 747. The van der Waals surface area contributed by atoms with Crippen molar-refractivity contribution in [2.75, 3.05) is 20.3 Å². The molecule has 1 N–H and O–H groups in total. The Hall–Kier alpha value is -2.19. The lowest BCUT2D eigenvalue weighted by Crippen LogP contribution is -2.07. The Labute approximate surface area is 146 Å². The van der Waals surface area contributed by atoms with E-state index in [0.29, 0.717) is 25.1 Å². The number of ether oxygens (including phenoxy) is 2. The lowest BCUT2D eigenvalue weighted by molar-refractivity contribution is 0.281. The van der Waals surface area contributed by atoms with Crippen molar-refractivity contribution in [2.45, 2.75) is 25.6 Å². The predicted molar refractivity (Wildman–Crippen MR) is 91.2 cm³/mol. The van der Waals surface area contributed by atoms with Gasteiger partial charge in [0, 0.05) is 36.5 Å². The van der Waals surface area contributed by atoms with Crippen molar-refractivity contribution >= 4 is 7.12 Å². The maximum absolute atomic E-state index is 14.5. The smallest absolute Gasteiger partial charge is 0.454 e. The van der Waals surface area contributed by atoms with Gasteiger partial charge in [0.2, 0.25) is 0 Å². The Balaban J connectivity index is 1.95. The van der Waals surface area contributed by atoms with Gasteiger partial charge in [-0.3, -0.25) is 4.98 Å². The molecule has 1 fully saturated rings. The first-order valence-corrected chi connectivity index (χ1v) is 8.24. The summed E-state index contributed by atoms with van der Waals surface area (Å²) in [6.45, 7) is 2.85. The average molecular weight is 346 g/mol. The zero-order valence-corrected chi connectivity index (χ0v) is 14.2. The van der Waals surface area contributed by atoms with Crippen molar-refractivity contribution in [3.8, 4) is 22.9 Å². The van der Waals surface area contributed by atoms with E-state index in [1.807, 2.05) is 13.0 Å². The van der Waals surface area contributed by atoms with E-state index in [1.54, 1.807) is 12.4 Å². The quantitative estimate of drug-likeness (QED) is 0.811. The van der Waals surface area contributed by atoms with Gasteiger partial charge in [-0.1, -0.05) is 6.92 Å². The van der Waals surface area contributed by atoms with Gasteiger partial charge in [-0.25, -0.2) is 9.37 Å². The molecule has 0 radical (unpaired) electrons. The first-order valence-electron chi connectivity index (χ1n) is 8.24. The van der Waals surface area contributed by atoms with E-state index in [0.717, 1.165) is 12.0 Å². The van der Waals surface area contributed by atoms with Gasteiger partial charge in [-0.2, -0.15) is 0 Å². The summed E-state index contributed by atoms with van der Waals surface area (Å²) in [5.74, 6) is 0.0267. The Morgan fingerprint density at radius 1 is 1.40 bits per heavy atom. The van der Waals surface area contributed by atoms with Crippen LogP contribution in [-0.2, 0) is 4.65 Å². The largest absolute Gasteiger partial charge is 0.491 e. The summed E-state index contributed by atoms with van der Waals surface area (Å²) < 4.78 is 30.4. The summed E-state index contributed by atoms with van der Waals surface area (Å²) in [6, 6.07) is 3.09. The molecule has 0 saturated carbocycles. The van der Waals surface area contributed by atoms with Gasteiger partial charge in [0.05, 0.1) is 13.7 Å². The molecule has 25 heavy (non-hydrogen) atoms. The summed E-state index contributed by atoms with van der Waals surface area (Å²) in [5, 5.41) is 9.52. The first-order chi connectivity index (χ1) is 12.1. The van der Waals surface area contributed by atoms with Crippen molar-refractivity contribution in [1.82, 2.24) is 9.97 Å². The number of rotatable bonds is 6. The minimum Gasteiger partial charge on any atom is -0.491 e. The Morgan fingerprint density at radius 3 is 2.92 bits per heavy atom. The van der Waals surface area contributed by atoms with Crippen LogP contribution in [0.15, 0.2) is 24.5 Å². The highest BCUT2D eigenvalue weighted by Crippen LogP contribution is 2.34. The molecular formula is C17H20BFN2O4. The van der Waals surface area contributed by atoms with Crippen LogP contribution in [0.2, 0.25) is 6.32 Å². The minimum absolute atomic E-state index is 0.0274. The van der Waals surface area contributed by atoms with Crippen molar-refractivity contribution in [2.24, 2.45) is 0 Å². The van der Waals surface area contributed by atoms with Gasteiger partial charge >= 0.3 is 7.12 Å². The second-order valence-electron chi connectivity index (χ2n) is 5.90. The number of hydrogen-bond acceptors (Lipinski definition) is 6. The monoisotopic (exact) mass is 346 g/mol. The number of halogens is 1. The van der Waals surface area contributed by atoms with E-state index in [-0.39, 0.29) is 23.2 Å². The third kappa shape index (κ3) is 3.91. The molecule has 0 unspecified atom stereocenters. The van der Waals surface area contributed by atoms with E-state index < -0.39 is 12.9 Å². The van der Waals surface area contributed by atoms with Crippen LogP contribution >= 0.6 is 0 Å². The normalized spacial score (nSPS) is 17.0. The van der Waals surface area contributed by atoms with Gasteiger partial charge in [0.25, 0.3) is 5.88 Å². The van der Waals surface area contributed by atoms with Crippen LogP contribution in [0.4, 0.5) is 4.39 Å². The highest BCUT2D eigenvalue weighted by Gasteiger charge is 2.30. The molecule has 6 nitrogen and oxygen atoms in total. The molecule has 0 bridgehead atoms. The summed E-state index contributed by atoms with van der Waals surface area (Å²) in [6.07, 6.45) is 4.55. The molecule has 0 aliphatic carbocycles. The first kappa shape index (κ1) is 17.6. The predicted octanol–water partition coefficient (Wildman–Crippen LogP) is 2.67. The molecule has 3 rings (SSSR count). The number of hydrogen-bond donors (Lipinski definition) is 1. The summed E-state index contributed by atoms with van der Waals surface area (Å²) in [5.41, 5.74) is 1.57. The SMILES string of the molecule is CCCOc1nc(-c2cncc([C@@H]3COB(O)C3)c2)c(F)cc1OC. The standard InChI is InChI=1S/C17H20BFN2O4/c1-3-4-24-17-15(23-2)6-14(19)16(21-17)12-5-11(8-20-9-12)13-7-18(22)25-10-13/h5-6,8-9,13,22H,3-4,7,10H2,1-2H3/t13-/m0/s1. The van der Waals surface area contributed by atoms with Crippen LogP contribution in [0, 0.1) is 5.82 Å². The number of aromatic nitrogens is 2. The maximum Gasteiger partial charge on any atom is 0.454 e. The molecule has 1 atom stereocenters. The molecule has 8 heteroatoms. The number of methoxy groups -OCH3 is 1.